The van der Waals surface area contributed by atoms with Crippen molar-refractivity contribution in [1.82, 2.24) is 20.3 Å². The Morgan fingerprint density at radius 2 is 1.74 bits per heavy atom. The van der Waals surface area contributed by atoms with E-state index in [9.17, 15) is 18.0 Å². The first kappa shape index (κ1) is 23.1. The maximum Gasteiger partial charge on any atom is 0.573 e. The number of halogens is 3. The van der Waals surface area contributed by atoms with Gasteiger partial charge in [0.25, 0.3) is 5.91 Å². The fraction of sp³-hybridized carbons (Fsp3) is 0.273. The van der Waals surface area contributed by atoms with Gasteiger partial charge in [-0.1, -0.05) is 12.1 Å². The highest BCUT2D eigenvalue weighted by atomic mass is 19.4. The summed E-state index contributed by atoms with van der Waals surface area (Å²) in [4.78, 5) is 28.7. The second-order valence-electron chi connectivity index (χ2n) is 7.41. The molecule has 0 saturated carbocycles. The molecule has 0 aliphatic carbocycles. The van der Waals surface area contributed by atoms with E-state index in [1.807, 2.05) is 9.80 Å². The number of amides is 1. The minimum absolute atomic E-state index is 0.201. The van der Waals surface area contributed by atoms with Crippen molar-refractivity contribution >= 4 is 29.2 Å². The van der Waals surface area contributed by atoms with E-state index in [4.69, 9.17) is 0 Å². The number of nitrogens with zero attached hydrogens (tertiary/aromatic N) is 5. The number of benzene rings is 2. The van der Waals surface area contributed by atoms with Crippen LogP contribution in [-0.4, -0.2) is 60.4 Å². The first-order chi connectivity index (χ1) is 16.3. The first-order valence-electron chi connectivity index (χ1n) is 10.4. The quantitative estimate of drug-likeness (QED) is 0.564. The van der Waals surface area contributed by atoms with E-state index >= 15 is 0 Å². The topological polar surface area (TPSA) is 95.5 Å². The highest BCUT2D eigenvalue weighted by Crippen LogP contribution is 2.27. The van der Waals surface area contributed by atoms with Crippen LogP contribution in [0.25, 0.3) is 0 Å². The lowest BCUT2D eigenvalue weighted by molar-refractivity contribution is -0.274. The first-order valence-corrected chi connectivity index (χ1v) is 10.4. The van der Waals surface area contributed by atoms with Crippen LogP contribution in [0.5, 0.6) is 5.75 Å². The number of nitrogens with one attached hydrogen (secondary N) is 2. The van der Waals surface area contributed by atoms with Gasteiger partial charge in [-0.25, -0.2) is 9.97 Å². The largest absolute Gasteiger partial charge is 0.573 e. The fourth-order valence-corrected chi connectivity index (χ4v) is 3.55. The van der Waals surface area contributed by atoms with Crippen LogP contribution in [-0.2, 0) is 0 Å². The van der Waals surface area contributed by atoms with Gasteiger partial charge >= 0.3 is 6.36 Å². The number of hydrogen-bond donors (Lipinski definition) is 2. The van der Waals surface area contributed by atoms with Gasteiger partial charge in [-0.15, -0.1) is 13.2 Å². The Morgan fingerprint density at radius 1 is 1.00 bits per heavy atom. The number of aromatic nitrogens is 3. The van der Waals surface area contributed by atoms with Gasteiger partial charge in [-0.05, 0) is 30.3 Å². The van der Waals surface area contributed by atoms with Crippen molar-refractivity contribution in [3.63, 3.8) is 0 Å². The van der Waals surface area contributed by atoms with Gasteiger partial charge in [0.05, 0.1) is 0 Å². The van der Waals surface area contributed by atoms with Crippen LogP contribution in [0.15, 0.2) is 54.9 Å². The van der Waals surface area contributed by atoms with Crippen molar-refractivity contribution in [3.05, 3.63) is 60.4 Å². The van der Waals surface area contributed by atoms with Crippen molar-refractivity contribution in [2.45, 2.75) is 6.36 Å². The molecule has 0 spiro atoms. The van der Waals surface area contributed by atoms with E-state index in [2.05, 4.69) is 30.3 Å². The molecule has 0 atom stereocenters. The van der Waals surface area contributed by atoms with Gasteiger partial charge in [0.1, 0.15) is 12.1 Å². The zero-order valence-corrected chi connectivity index (χ0v) is 18.2. The summed E-state index contributed by atoms with van der Waals surface area (Å²) in [6.07, 6.45) is -3.33. The summed E-state index contributed by atoms with van der Waals surface area (Å²) in [6.45, 7) is 2.27. The number of ether oxygens (including phenoxy) is 1. The SMILES string of the molecule is CNC(=O)c1cccc(Nc2ncnc(N3CCN(c4cccc(OC(F)(F)F)c4)CC3)n2)c1. The highest BCUT2D eigenvalue weighted by molar-refractivity contribution is 5.95. The average molecular weight is 473 g/mol. The Labute approximate surface area is 193 Å². The standard InChI is InChI=1S/C22H22F3N7O2/c1-26-19(33)15-4-2-5-16(12-15)29-20-27-14-28-21(30-20)32-10-8-31(9-11-32)17-6-3-7-18(13-17)34-22(23,24)25/h2-7,12-14H,8-11H2,1H3,(H,26,33)(H,27,28,29,30). The Balaban J connectivity index is 1.40. The third kappa shape index (κ3) is 5.82. The molecule has 1 aliphatic heterocycles. The summed E-state index contributed by atoms with van der Waals surface area (Å²) < 4.78 is 41.6. The molecule has 0 bridgehead atoms. The smallest absolute Gasteiger partial charge is 0.406 e. The van der Waals surface area contributed by atoms with Gasteiger partial charge in [-0.3, -0.25) is 4.79 Å². The molecule has 1 amide bonds. The number of alkyl halides is 3. The molecule has 1 aliphatic rings. The lowest BCUT2D eigenvalue weighted by atomic mass is 10.2. The van der Waals surface area contributed by atoms with E-state index in [0.29, 0.717) is 55.0 Å². The number of anilines is 4. The molecule has 1 saturated heterocycles. The molecule has 0 radical (unpaired) electrons. The Hall–Kier alpha value is -4.09. The molecule has 1 aromatic heterocycles. The summed E-state index contributed by atoms with van der Waals surface area (Å²) in [5.74, 6) is 0.363. The molecule has 4 rings (SSSR count). The van der Waals surface area contributed by atoms with Crippen LogP contribution < -0.4 is 25.2 Å². The number of rotatable bonds is 6. The van der Waals surface area contributed by atoms with Gasteiger partial charge in [-0.2, -0.15) is 4.98 Å². The van der Waals surface area contributed by atoms with Crippen LogP contribution >= 0.6 is 0 Å². The molecule has 2 aromatic carbocycles. The highest BCUT2D eigenvalue weighted by Gasteiger charge is 2.31. The molecule has 12 heteroatoms. The second kappa shape index (κ2) is 9.81. The summed E-state index contributed by atoms with van der Waals surface area (Å²) >= 11 is 0. The van der Waals surface area contributed by atoms with Crippen LogP contribution in [0.1, 0.15) is 10.4 Å². The average Bonchev–Trinajstić information content (AvgIpc) is 2.83. The summed E-state index contributed by atoms with van der Waals surface area (Å²) in [5, 5.41) is 5.65. The van der Waals surface area contributed by atoms with Crippen molar-refractivity contribution < 1.29 is 22.7 Å². The zero-order valence-electron chi connectivity index (χ0n) is 18.2. The third-order valence-electron chi connectivity index (χ3n) is 5.15. The minimum atomic E-state index is -4.73. The molecule has 178 valence electrons. The predicted octanol–water partition coefficient (Wildman–Crippen LogP) is 3.20. The van der Waals surface area contributed by atoms with E-state index < -0.39 is 6.36 Å². The molecular weight excluding hydrogens is 451 g/mol. The molecule has 9 nitrogen and oxygen atoms in total. The number of carbonyl (C=O) groups excluding carboxylic acids is 1. The Kier molecular flexibility index (Phi) is 6.66. The molecule has 2 N–H and O–H groups in total. The van der Waals surface area contributed by atoms with Crippen molar-refractivity contribution in [2.24, 2.45) is 0 Å². The molecular formula is C22H22F3N7O2. The monoisotopic (exact) mass is 473 g/mol. The van der Waals surface area contributed by atoms with Gasteiger partial charge in [0.15, 0.2) is 0 Å². The van der Waals surface area contributed by atoms with Crippen LogP contribution in [0, 0.1) is 0 Å². The van der Waals surface area contributed by atoms with Crippen molar-refractivity contribution in [1.29, 1.82) is 0 Å². The molecule has 34 heavy (non-hydrogen) atoms. The number of piperazine rings is 1. The van der Waals surface area contributed by atoms with Crippen LogP contribution in [0.3, 0.4) is 0 Å². The zero-order chi connectivity index (χ0) is 24.1. The van der Waals surface area contributed by atoms with Crippen molar-refractivity contribution in [3.8, 4) is 5.75 Å². The van der Waals surface area contributed by atoms with E-state index in [1.54, 1.807) is 37.4 Å². The van der Waals surface area contributed by atoms with Crippen LogP contribution in [0.4, 0.5) is 36.4 Å². The number of carbonyl (C=O) groups is 1. The molecule has 1 fully saturated rings. The van der Waals surface area contributed by atoms with Gasteiger partial charge < -0.3 is 25.2 Å². The summed E-state index contributed by atoms with van der Waals surface area (Å²) in [7, 11) is 1.56. The van der Waals surface area contributed by atoms with Crippen molar-refractivity contribution in [2.75, 3.05) is 48.3 Å². The second-order valence-corrected chi connectivity index (χ2v) is 7.41. The minimum Gasteiger partial charge on any atom is -0.406 e. The molecule has 3 aromatic rings. The predicted molar refractivity (Wildman–Crippen MR) is 120 cm³/mol. The maximum atomic E-state index is 12.5. The van der Waals surface area contributed by atoms with Crippen LogP contribution in [0.2, 0.25) is 0 Å². The van der Waals surface area contributed by atoms with Gasteiger partial charge in [0, 0.05) is 56.2 Å². The lowest BCUT2D eigenvalue weighted by Crippen LogP contribution is -2.47. The summed E-state index contributed by atoms with van der Waals surface area (Å²) in [6, 6.07) is 12.9. The fourth-order valence-electron chi connectivity index (χ4n) is 3.55. The van der Waals surface area contributed by atoms with Gasteiger partial charge in [0.2, 0.25) is 11.9 Å². The lowest BCUT2D eigenvalue weighted by Gasteiger charge is -2.36. The Bertz CT molecular complexity index is 1150. The van der Waals surface area contributed by atoms with E-state index in [1.165, 1.54) is 24.5 Å². The molecule has 0 unspecified atom stereocenters. The van der Waals surface area contributed by atoms with E-state index in [0.717, 1.165) is 0 Å². The maximum absolute atomic E-state index is 12.5. The summed E-state index contributed by atoms with van der Waals surface area (Å²) in [5.41, 5.74) is 1.81. The molecule has 2 heterocycles. The normalized spacial score (nSPS) is 14.0. The Morgan fingerprint density at radius 3 is 2.47 bits per heavy atom. The van der Waals surface area contributed by atoms with E-state index in [-0.39, 0.29) is 11.7 Å². The number of hydrogen-bond acceptors (Lipinski definition) is 8. The third-order valence-corrected chi connectivity index (χ3v) is 5.15.